The Kier molecular flexibility index (Phi) is 3.34. The summed E-state index contributed by atoms with van der Waals surface area (Å²) in [6.07, 6.45) is 2.69. The van der Waals surface area contributed by atoms with E-state index in [-0.39, 0.29) is 12.0 Å². The molecule has 0 amide bonds. The number of hydrogen-bond acceptors (Lipinski definition) is 3. The molecule has 1 unspecified atom stereocenters. The molecule has 1 N–H and O–H groups in total. The van der Waals surface area contributed by atoms with Gasteiger partial charge in [-0.05, 0) is 43.0 Å². The first-order valence-electron chi connectivity index (χ1n) is 5.33. The number of ether oxygens (including phenoxy) is 1. The van der Waals surface area contributed by atoms with Crippen molar-refractivity contribution in [3.05, 3.63) is 28.8 Å². The molecule has 1 atom stereocenters. The van der Waals surface area contributed by atoms with Crippen molar-refractivity contribution in [1.29, 1.82) is 0 Å². The van der Waals surface area contributed by atoms with Crippen molar-refractivity contribution in [1.82, 2.24) is 0 Å². The van der Waals surface area contributed by atoms with Gasteiger partial charge < -0.3 is 10.1 Å². The molecule has 1 aromatic rings. The van der Waals surface area contributed by atoms with Crippen molar-refractivity contribution in [3.8, 4) is 0 Å². The molecule has 1 heterocycles. The molecule has 1 aliphatic rings. The van der Waals surface area contributed by atoms with Crippen LogP contribution in [0.5, 0.6) is 0 Å². The number of benzene rings is 1. The van der Waals surface area contributed by atoms with Crippen molar-refractivity contribution in [2.24, 2.45) is 0 Å². The number of methoxy groups -OCH3 is 1. The quantitative estimate of drug-likeness (QED) is 0.766. The summed E-state index contributed by atoms with van der Waals surface area (Å²) < 4.78 is 4.76. The Hall–Kier alpha value is -1.22. The van der Waals surface area contributed by atoms with E-state index < -0.39 is 0 Å². The second-order valence-corrected chi connectivity index (χ2v) is 4.35. The number of carbonyl (C=O) groups excluding carboxylic acids is 1. The van der Waals surface area contributed by atoms with Crippen molar-refractivity contribution >= 4 is 23.3 Å². The molecule has 0 aromatic heterocycles. The Labute approximate surface area is 99.7 Å². The number of carbonyl (C=O) groups is 1. The lowest BCUT2D eigenvalue weighted by molar-refractivity contribution is -0.141. The first kappa shape index (κ1) is 11.3. The van der Waals surface area contributed by atoms with E-state index in [1.807, 2.05) is 18.2 Å². The average molecular weight is 240 g/mol. The minimum Gasteiger partial charge on any atom is -0.467 e. The van der Waals surface area contributed by atoms with Gasteiger partial charge in [0.2, 0.25) is 0 Å². The molecule has 2 rings (SSSR count). The fraction of sp³-hybridized carbons (Fsp3) is 0.417. The second kappa shape index (κ2) is 4.74. The van der Waals surface area contributed by atoms with Crippen LogP contribution in [0, 0.1) is 0 Å². The standard InChI is InChI=1S/C12H14ClNO2/c1-16-12(15)11-4-2-3-8-7-9(13)5-6-10(8)14-11/h5-7,11,14H,2-4H2,1H3. The molecule has 0 saturated heterocycles. The summed E-state index contributed by atoms with van der Waals surface area (Å²) in [5, 5.41) is 3.94. The lowest BCUT2D eigenvalue weighted by atomic mass is 10.1. The van der Waals surface area contributed by atoms with E-state index in [1.54, 1.807) is 0 Å². The summed E-state index contributed by atoms with van der Waals surface area (Å²) in [5.41, 5.74) is 2.15. The zero-order valence-electron chi connectivity index (χ0n) is 9.13. The maximum absolute atomic E-state index is 11.5. The topological polar surface area (TPSA) is 38.3 Å². The average Bonchev–Trinajstić information content (AvgIpc) is 2.49. The smallest absolute Gasteiger partial charge is 0.328 e. The Morgan fingerprint density at radius 1 is 1.56 bits per heavy atom. The number of aryl methyl sites for hydroxylation is 1. The fourth-order valence-electron chi connectivity index (χ4n) is 1.99. The number of rotatable bonds is 1. The van der Waals surface area contributed by atoms with E-state index in [1.165, 1.54) is 12.7 Å². The Bertz CT molecular complexity index is 406. The zero-order valence-corrected chi connectivity index (χ0v) is 9.88. The van der Waals surface area contributed by atoms with Gasteiger partial charge in [-0.15, -0.1) is 0 Å². The van der Waals surface area contributed by atoms with E-state index >= 15 is 0 Å². The van der Waals surface area contributed by atoms with Gasteiger partial charge in [0, 0.05) is 10.7 Å². The molecule has 0 bridgehead atoms. The summed E-state index contributed by atoms with van der Waals surface area (Å²) >= 11 is 5.94. The third-order valence-corrected chi connectivity index (χ3v) is 3.06. The Morgan fingerprint density at radius 2 is 2.38 bits per heavy atom. The van der Waals surface area contributed by atoms with E-state index in [4.69, 9.17) is 16.3 Å². The largest absolute Gasteiger partial charge is 0.467 e. The van der Waals surface area contributed by atoms with E-state index in [2.05, 4.69) is 5.32 Å². The molecule has 0 saturated carbocycles. The van der Waals surface area contributed by atoms with Crippen LogP contribution >= 0.6 is 11.6 Å². The van der Waals surface area contributed by atoms with Crippen LogP contribution in [0.1, 0.15) is 18.4 Å². The van der Waals surface area contributed by atoms with Crippen molar-refractivity contribution < 1.29 is 9.53 Å². The van der Waals surface area contributed by atoms with Crippen molar-refractivity contribution in [2.45, 2.75) is 25.3 Å². The van der Waals surface area contributed by atoms with Crippen LogP contribution in [0.4, 0.5) is 5.69 Å². The molecule has 0 fully saturated rings. The number of anilines is 1. The number of halogens is 1. The van der Waals surface area contributed by atoms with Crippen LogP contribution in [-0.4, -0.2) is 19.1 Å². The predicted octanol–water partition coefficient (Wildman–Crippen LogP) is 2.63. The second-order valence-electron chi connectivity index (χ2n) is 3.91. The molecule has 4 heteroatoms. The first-order chi connectivity index (χ1) is 7.70. The highest BCUT2D eigenvalue weighted by Gasteiger charge is 2.22. The summed E-state index contributed by atoms with van der Waals surface area (Å²) in [7, 11) is 1.41. The minimum atomic E-state index is -0.243. The van der Waals surface area contributed by atoms with Crippen LogP contribution in [0.25, 0.3) is 0 Å². The predicted molar refractivity (Wildman–Crippen MR) is 63.8 cm³/mol. The molecule has 3 nitrogen and oxygen atoms in total. The van der Waals surface area contributed by atoms with Gasteiger partial charge in [-0.3, -0.25) is 0 Å². The van der Waals surface area contributed by atoms with Gasteiger partial charge in [0.25, 0.3) is 0 Å². The summed E-state index contributed by atoms with van der Waals surface area (Å²) in [4.78, 5) is 11.5. The van der Waals surface area contributed by atoms with Gasteiger partial charge in [0.05, 0.1) is 7.11 Å². The van der Waals surface area contributed by atoms with E-state index in [0.717, 1.165) is 30.0 Å². The van der Waals surface area contributed by atoms with Crippen molar-refractivity contribution in [3.63, 3.8) is 0 Å². The maximum Gasteiger partial charge on any atom is 0.328 e. The van der Waals surface area contributed by atoms with Gasteiger partial charge >= 0.3 is 5.97 Å². The highest BCUT2D eigenvalue weighted by atomic mass is 35.5. The Balaban J connectivity index is 2.24. The third-order valence-electron chi connectivity index (χ3n) is 2.82. The van der Waals surface area contributed by atoms with Crippen LogP contribution in [0.15, 0.2) is 18.2 Å². The van der Waals surface area contributed by atoms with Gasteiger partial charge in [0.1, 0.15) is 6.04 Å². The molecular formula is C12H14ClNO2. The molecule has 16 heavy (non-hydrogen) atoms. The Morgan fingerprint density at radius 3 is 3.12 bits per heavy atom. The summed E-state index contributed by atoms with van der Waals surface area (Å²) in [5.74, 6) is -0.206. The molecule has 1 aromatic carbocycles. The van der Waals surface area contributed by atoms with Crippen LogP contribution in [0.3, 0.4) is 0 Å². The number of esters is 1. The normalized spacial score (nSPS) is 19.2. The molecule has 0 radical (unpaired) electrons. The minimum absolute atomic E-state index is 0.206. The SMILES string of the molecule is COC(=O)C1CCCc2cc(Cl)ccc2N1. The van der Waals surface area contributed by atoms with Crippen LogP contribution in [-0.2, 0) is 16.0 Å². The molecular weight excluding hydrogens is 226 g/mol. The summed E-state index contributed by atoms with van der Waals surface area (Å²) in [6, 6.07) is 5.45. The first-order valence-corrected chi connectivity index (χ1v) is 5.71. The molecule has 1 aliphatic heterocycles. The maximum atomic E-state index is 11.5. The highest BCUT2D eigenvalue weighted by molar-refractivity contribution is 6.30. The van der Waals surface area contributed by atoms with E-state index in [0.29, 0.717) is 0 Å². The van der Waals surface area contributed by atoms with Gasteiger partial charge in [-0.25, -0.2) is 4.79 Å². The summed E-state index contributed by atoms with van der Waals surface area (Å²) in [6.45, 7) is 0. The lowest BCUT2D eigenvalue weighted by Crippen LogP contribution is -2.29. The van der Waals surface area contributed by atoms with Gasteiger partial charge in [0.15, 0.2) is 0 Å². The third kappa shape index (κ3) is 2.30. The van der Waals surface area contributed by atoms with Gasteiger partial charge in [-0.2, -0.15) is 0 Å². The molecule has 0 aliphatic carbocycles. The van der Waals surface area contributed by atoms with E-state index in [9.17, 15) is 4.79 Å². The van der Waals surface area contributed by atoms with Crippen LogP contribution in [0.2, 0.25) is 5.02 Å². The van der Waals surface area contributed by atoms with Crippen LogP contribution < -0.4 is 5.32 Å². The number of hydrogen-bond donors (Lipinski definition) is 1. The number of nitrogens with one attached hydrogen (secondary N) is 1. The number of fused-ring (bicyclic) bond motifs is 1. The zero-order chi connectivity index (χ0) is 11.5. The fourth-order valence-corrected chi connectivity index (χ4v) is 2.18. The van der Waals surface area contributed by atoms with Gasteiger partial charge in [-0.1, -0.05) is 11.6 Å². The molecule has 0 spiro atoms. The highest BCUT2D eigenvalue weighted by Crippen LogP contribution is 2.27. The van der Waals surface area contributed by atoms with Crippen molar-refractivity contribution in [2.75, 3.05) is 12.4 Å². The monoisotopic (exact) mass is 239 g/mol. The lowest BCUT2D eigenvalue weighted by Gasteiger charge is -2.15. The molecule has 86 valence electrons.